The summed E-state index contributed by atoms with van der Waals surface area (Å²) in [6.07, 6.45) is 2.01. The molecule has 24 heavy (non-hydrogen) atoms. The number of hydrogen-bond acceptors (Lipinski definition) is 3. The van der Waals surface area contributed by atoms with Crippen LogP contribution in [0.1, 0.15) is 36.1 Å². The van der Waals surface area contributed by atoms with Crippen LogP contribution in [-0.4, -0.2) is 12.3 Å². The smallest absolute Gasteiger partial charge is 0.260 e. The van der Waals surface area contributed by atoms with E-state index in [2.05, 4.69) is 50.4 Å². The van der Waals surface area contributed by atoms with Gasteiger partial charge >= 0.3 is 0 Å². The van der Waals surface area contributed by atoms with Crippen molar-refractivity contribution in [2.45, 2.75) is 40.2 Å². The third kappa shape index (κ3) is 4.71. The molecule has 0 aromatic heterocycles. The summed E-state index contributed by atoms with van der Waals surface area (Å²) in [6.45, 7) is 6.85. The first-order chi connectivity index (χ1) is 11.6. The lowest BCUT2D eigenvalue weighted by Gasteiger charge is -2.15. The Bertz CT molecular complexity index is 713. The number of benzene rings is 2. The SMILES string of the molecule is CCc1ccc(OCc2cc(CC)ccc2NC(=S)OC)c(C)c1. The van der Waals surface area contributed by atoms with Gasteiger partial charge in [-0.05, 0) is 60.8 Å². The lowest BCUT2D eigenvalue weighted by Crippen LogP contribution is -2.13. The summed E-state index contributed by atoms with van der Waals surface area (Å²) in [5.41, 5.74) is 5.72. The Labute approximate surface area is 150 Å². The summed E-state index contributed by atoms with van der Waals surface area (Å²) in [4.78, 5) is 0. The van der Waals surface area contributed by atoms with Gasteiger partial charge < -0.3 is 14.8 Å². The minimum absolute atomic E-state index is 0.351. The van der Waals surface area contributed by atoms with Gasteiger partial charge in [0.05, 0.1) is 7.11 Å². The monoisotopic (exact) mass is 343 g/mol. The van der Waals surface area contributed by atoms with Crippen molar-refractivity contribution in [3.63, 3.8) is 0 Å². The highest BCUT2D eigenvalue weighted by molar-refractivity contribution is 7.80. The Morgan fingerprint density at radius 2 is 1.71 bits per heavy atom. The number of thiocarbonyl (C=S) groups is 1. The summed E-state index contributed by atoms with van der Waals surface area (Å²) in [6, 6.07) is 12.6. The lowest BCUT2D eigenvalue weighted by atomic mass is 10.1. The minimum atomic E-state index is 0.351. The molecular formula is C20H25NO2S. The molecule has 1 N–H and O–H groups in total. The summed E-state index contributed by atoms with van der Waals surface area (Å²) in [5.74, 6) is 0.911. The molecule has 0 unspecified atom stereocenters. The number of methoxy groups -OCH3 is 1. The molecule has 2 aromatic rings. The number of ether oxygens (including phenoxy) is 2. The fourth-order valence-electron chi connectivity index (χ4n) is 2.52. The van der Waals surface area contributed by atoms with Gasteiger partial charge in [0.2, 0.25) is 0 Å². The van der Waals surface area contributed by atoms with Crippen molar-refractivity contribution in [1.29, 1.82) is 0 Å². The molecule has 128 valence electrons. The average molecular weight is 343 g/mol. The summed E-state index contributed by atoms with van der Waals surface area (Å²) in [7, 11) is 1.56. The second-order valence-electron chi connectivity index (χ2n) is 5.70. The van der Waals surface area contributed by atoms with Crippen molar-refractivity contribution in [3.05, 3.63) is 58.7 Å². The maximum atomic E-state index is 6.05. The van der Waals surface area contributed by atoms with Gasteiger partial charge in [-0.15, -0.1) is 0 Å². The fourth-order valence-corrected chi connectivity index (χ4v) is 2.63. The molecule has 0 spiro atoms. The van der Waals surface area contributed by atoms with E-state index in [-0.39, 0.29) is 0 Å². The van der Waals surface area contributed by atoms with Crippen LogP contribution in [0.3, 0.4) is 0 Å². The quantitative estimate of drug-likeness (QED) is 0.744. The van der Waals surface area contributed by atoms with Crippen molar-refractivity contribution in [2.75, 3.05) is 12.4 Å². The molecule has 0 saturated heterocycles. The van der Waals surface area contributed by atoms with E-state index in [0.29, 0.717) is 11.8 Å². The van der Waals surface area contributed by atoms with Gasteiger partial charge in [0.15, 0.2) is 0 Å². The van der Waals surface area contributed by atoms with Crippen LogP contribution < -0.4 is 10.1 Å². The number of rotatable bonds is 6. The van der Waals surface area contributed by atoms with Gasteiger partial charge in [-0.2, -0.15) is 0 Å². The average Bonchev–Trinajstić information content (AvgIpc) is 2.61. The molecule has 4 heteroatoms. The number of hydrogen-bond donors (Lipinski definition) is 1. The second kappa shape index (κ2) is 8.69. The van der Waals surface area contributed by atoms with E-state index in [9.17, 15) is 0 Å². The minimum Gasteiger partial charge on any atom is -0.489 e. The van der Waals surface area contributed by atoms with E-state index < -0.39 is 0 Å². The number of nitrogens with one attached hydrogen (secondary N) is 1. The molecule has 2 aromatic carbocycles. The Morgan fingerprint density at radius 1 is 1.04 bits per heavy atom. The van der Waals surface area contributed by atoms with Crippen LogP contribution >= 0.6 is 12.2 Å². The van der Waals surface area contributed by atoms with Gasteiger partial charge in [0.1, 0.15) is 12.4 Å². The van der Waals surface area contributed by atoms with Crippen molar-refractivity contribution in [2.24, 2.45) is 0 Å². The van der Waals surface area contributed by atoms with Crippen LogP contribution in [0.5, 0.6) is 5.75 Å². The molecule has 0 heterocycles. The van der Waals surface area contributed by atoms with Crippen molar-refractivity contribution < 1.29 is 9.47 Å². The molecule has 0 bridgehead atoms. The predicted molar refractivity (Wildman–Crippen MR) is 104 cm³/mol. The van der Waals surface area contributed by atoms with Gasteiger partial charge in [0.25, 0.3) is 5.17 Å². The normalized spacial score (nSPS) is 10.3. The third-order valence-electron chi connectivity index (χ3n) is 4.03. The van der Waals surface area contributed by atoms with E-state index in [1.165, 1.54) is 11.1 Å². The van der Waals surface area contributed by atoms with Crippen molar-refractivity contribution >= 4 is 23.1 Å². The highest BCUT2D eigenvalue weighted by Crippen LogP contribution is 2.24. The first-order valence-electron chi connectivity index (χ1n) is 8.26. The van der Waals surface area contributed by atoms with Crippen molar-refractivity contribution in [1.82, 2.24) is 0 Å². The number of anilines is 1. The standard InChI is InChI=1S/C20H25NO2S/c1-5-15-8-10-19(14(3)11-15)23-13-17-12-16(6-2)7-9-18(17)21-20(24)22-4/h7-12H,5-6,13H2,1-4H3,(H,21,24). The first kappa shape index (κ1) is 18.3. The molecule has 0 radical (unpaired) electrons. The third-order valence-corrected chi connectivity index (χ3v) is 4.30. The molecule has 3 nitrogen and oxygen atoms in total. The van der Waals surface area contributed by atoms with Crippen LogP contribution in [0.25, 0.3) is 0 Å². The highest BCUT2D eigenvalue weighted by atomic mass is 32.1. The Balaban J connectivity index is 2.19. The van der Waals surface area contributed by atoms with Crippen LogP contribution in [0.2, 0.25) is 0 Å². The van der Waals surface area contributed by atoms with Crippen LogP contribution in [0.15, 0.2) is 36.4 Å². The topological polar surface area (TPSA) is 30.5 Å². The van der Waals surface area contributed by atoms with Gasteiger partial charge in [-0.3, -0.25) is 0 Å². The van der Waals surface area contributed by atoms with Crippen LogP contribution in [-0.2, 0) is 24.2 Å². The first-order valence-corrected chi connectivity index (χ1v) is 8.67. The largest absolute Gasteiger partial charge is 0.489 e. The molecule has 0 amide bonds. The second-order valence-corrected chi connectivity index (χ2v) is 6.07. The van der Waals surface area contributed by atoms with Gasteiger partial charge in [0, 0.05) is 11.3 Å². The summed E-state index contributed by atoms with van der Waals surface area (Å²) < 4.78 is 11.1. The molecule has 0 fully saturated rings. The number of aryl methyl sites for hydroxylation is 3. The van der Waals surface area contributed by atoms with Crippen molar-refractivity contribution in [3.8, 4) is 5.75 Å². The zero-order chi connectivity index (χ0) is 17.5. The zero-order valence-electron chi connectivity index (χ0n) is 14.8. The van der Waals surface area contributed by atoms with Crippen LogP contribution in [0.4, 0.5) is 5.69 Å². The predicted octanol–water partition coefficient (Wildman–Crippen LogP) is 5.04. The maximum Gasteiger partial charge on any atom is 0.260 e. The molecular weight excluding hydrogens is 318 g/mol. The Kier molecular flexibility index (Phi) is 6.62. The molecule has 0 aliphatic carbocycles. The summed E-state index contributed by atoms with van der Waals surface area (Å²) in [5, 5.41) is 3.46. The molecule has 0 atom stereocenters. The van der Waals surface area contributed by atoms with Gasteiger partial charge in [-0.25, -0.2) is 0 Å². The summed E-state index contributed by atoms with van der Waals surface area (Å²) >= 11 is 5.11. The van der Waals surface area contributed by atoms with E-state index in [0.717, 1.165) is 35.4 Å². The van der Waals surface area contributed by atoms with Gasteiger partial charge in [-0.1, -0.05) is 38.1 Å². The Hall–Kier alpha value is -2.07. The molecule has 2 rings (SSSR count). The fraction of sp³-hybridized carbons (Fsp3) is 0.350. The maximum absolute atomic E-state index is 6.05. The van der Waals surface area contributed by atoms with E-state index in [1.807, 2.05) is 12.1 Å². The lowest BCUT2D eigenvalue weighted by molar-refractivity contribution is 0.304. The van der Waals surface area contributed by atoms with E-state index >= 15 is 0 Å². The highest BCUT2D eigenvalue weighted by Gasteiger charge is 2.08. The van der Waals surface area contributed by atoms with Crippen LogP contribution in [0, 0.1) is 6.92 Å². The van der Waals surface area contributed by atoms with E-state index in [1.54, 1.807) is 7.11 Å². The Morgan fingerprint density at radius 3 is 2.33 bits per heavy atom. The molecule has 0 saturated carbocycles. The van der Waals surface area contributed by atoms with E-state index in [4.69, 9.17) is 21.7 Å². The zero-order valence-corrected chi connectivity index (χ0v) is 15.6. The molecule has 0 aliphatic rings. The molecule has 0 aliphatic heterocycles.